The van der Waals surface area contributed by atoms with Gasteiger partial charge in [0.15, 0.2) is 5.16 Å². The molecule has 0 aliphatic carbocycles. The van der Waals surface area contributed by atoms with Crippen molar-refractivity contribution in [3.05, 3.63) is 71.5 Å². The minimum Gasteiger partial charge on any atom is -0.366 e. The van der Waals surface area contributed by atoms with Crippen molar-refractivity contribution in [1.82, 2.24) is 9.55 Å². The summed E-state index contributed by atoms with van der Waals surface area (Å²) in [5.41, 5.74) is 13.2. The number of thioether (sulfide) groups is 1. The summed E-state index contributed by atoms with van der Waals surface area (Å²) in [5, 5.41) is 3.34. The van der Waals surface area contributed by atoms with Crippen LogP contribution in [0.2, 0.25) is 0 Å². The zero-order valence-electron chi connectivity index (χ0n) is 17.2. The van der Waals surface area contributed by atoms with Gasteiger partial charge >= 0.3 is 0 Å². The van der Waals surface area contributed by atoms with E-state index in [4.69, 9.17) is 11.5 Å². The molecule has 3 rings (SSSR count). The zero-order chi connectivity index (χ0) is 22.5. The summed E-state index contributed by atoms with van der Waals surface area (Å²) in [6, 6.07) is 12.1. The fraction of sp³-hybridized carbons (Fsp3) is 0.182. The minimum absolute atomic E-state index is 0.0769. The van der Waals surface area contributed by atoms with Crippen molar-refractivity contribution in [2.24, 2.45) is 11.5 Å². The van der Waals surface area contributed by atoms with Crippen molar-refractivity contribution in [2.45, 2.75) is 24.9 Å². The summed E-state index contributed by atoms with van der Waals surface area (Å²) in [7, 11) is 0. The molecule has 0 unspecified atom stereocenters. The van der Waals surface area contributed by atoms with Crippen LogP contribution < -0.4 is 16.8 Å². The zero-order valence-corrected chi connectivity index (χ0v) is 18.0. The Morgan fingerprint density at radius 3 is 2.32 bits per heavy atom. The van der Waals surface area contributed by atoms with Crippen LogP contribution in [0.15, 0.2) is 60.0 Å². The molecule has 0 radical (unpaired) electrons. The number of nitrogens with zero attached hydrogens (tertiary/aromatic N) is 2. The fourth-order valence-corrected chi connectivity index (χ4v) is 3.85. The van der Waals surface area contributed by atoms with E-state index in [0.717, 1.165) is 5.69 Å². The second kappa shape index (κ2) is 9.48. The average molecular weight is 438 g/mol. The standard InChI is InChI=1S/C22H23N5O3S/c1-13(2)17-5-3-4-6-18(17)27-8-7-25-22(27)31-12-19(28)26-16-10-14(20(23)29)9-15(11-16)21(24)30/h3-11,13H,12H2,1-2H3,(H2,23,29)(H2,24,30)(H,26,28). The molecule has 31 heavy (non-hydrogen) atoms. The molecule has 160 valence electrons. The van der Waals surface area contributed by atoms with E-state index in [1.165, 1.54) is 35.5 Å². The lowest BCUT2D eigenvalue weighted by Gasteiger charge is -2.15. The SMILES string of the molecule is CC(C)c1ccccc1-n1ccnc1SCC(=O)Nc1cc(C(N)=O)cc(C(N)=O)c1. The van der Waals surface area contributed by atoms with Crippen LogP contribution in [-0.2, 0) is 4.79 Å². The number of nitrogens with one attached hydrogen (secondary N) is 1. The Morgan fingerprint density at radius 1 is 1.06 bits per heavy atom. The van der Waals surface area contributed by atoms with E-state index in [1.54, 1.807) is 6.20 Å². The van der Waals surface area contributed by atoms with Crippen LogP contribution in [0.1, 0.15) is 46.0 Å². The molecular formula is C22H23N5O3S. The smallest absolute Gasteiger partial charge is 0.248 e. The summed E-state index contributed by atoms with van der Waals surface area (Å²) in [4.78, 5) is 39.8. The summed E-state index contributed by atoms with van der Waals surface area (Å²) in [6.45, 7) is 4.24. The van der Waals surface area contributed by atoms with Crippen molar-refractivity contribution < 1.29 is 14.4 Å². The van der Waals surface area contributed by atoms with E-state index in [0.29, 0.717) is 11.1 Å². The molecule has 3 amide bonds. The molecule has 0 saturated carbocycles. The molecule has 2 aromatic carbocycles. The van der Waals surface area contributed by atoms with Crippen molar-refractivity contribution >= 4 is 35.2 Å². The van der Waals surface area contributed by atoms with Crippen molar-refractivity contribution in [1.29, 1.82) is 0 Å². The molecule has 1 aromatic heterocycles. The Balaban J connectivity index is 1.75. The number of carbonyl (C=O) groups excluding carboxylic acids is 3. The van der Waals surface area contributed by atoms with Crippen LogP contribution in [0.4, 0.5) is 5.69 Å². The Labute approximate surface area is 184 Å². The van der Waals surface area contributed by atoms with Gasteiger partial charge in [-0.3, -0.25) is 19.0 Å². The molecule has 0 saturated heterocycles. The van der Waals surface area contributed by atoms with Gasteiger partial charge in [0, 0.05) is 29.2 Å². The Bertz CT molecular complexity index is 1110. The third-order valence-corrected chi connectivity index (χ3v) is 5.51. The highest BCUT2D eigenvalue weighted by Crippen LogP contribution is 2.27. The number of aromatic nitrogens is 2. The maximum absolute atomic E-state index is 12.5. The second-order valence-corrected chi connectivity index (χ2v) is 8.10. The van der Waals surface area contributed by atoms with Gasteiger partial charge in [0.05, 0.1) is 11.4 Å². The van der Waals surface area contributed by atoms with Gasteiger partial charge in [0.1, 0.15) is 0 Å². The monoisotopic (exact) mass is 437 g/mol. The first kappa shape index (κ1) is 22.1. The topological polar surface area (TPSA) is 133 Å². The number of carbonyl (C=O) groups is 3. The van der Waals surface area contributed by atoms with Gasteiger partial charge in [-0.05, 0) is 35.7 Å². The Morgan fingerprint density at radius 2 is 1.71 bits per heavy atom. The van der Waals surface area contributed by atoms with Gasteiger partial charge in [-0.2, -0.15) is 0 Å². The van der Waals surface area contributed by atoms with Crippen LogP contribution in [0.3, 0.4) is 0 Å². The van der Waals surface area contributed by atoms with Gasteiger partial charge in [-0.1, -0.05) is 43.8 Å². The summed E-state index contributed by atoms with van der Waals surface area (Å²) in [5.74, 6) is -1.36. The third-order valence-electron chi connectivity index (χ3n) is 4.54. The molecule has 0 spiro atoms. The molecule has 0 aliphatic rings. The number of nitrogens with two attached hydrogens (primary N) is 2. The number of anilines is 1. The molecule has 0 atom stereocenters. The van der Waals surface area contributed by atoms with E-state index < -0.39 is 11.8 Å². The highest BCUT2D eigenvalue weighted by Gasteiger charge is 2.15. The van der Waals surface area contributed by atoms with Crippen molar-refractivity contribution in [2.75, 3.05) is 11.1 Å². The number of hydrogen-bond acceptors (Lipinski definition) is 5. The second-order valence-electron chi connectivity index (χ2n) is 7.16. The normalized spacial score (nSPS) is 10.8. The van der Waals surface area contributed by atoms with E-state index in [9.17, 15) is 14.4 Å². The lowest BCUT2D eigenvalue weighted by atomic mass is 10.0. The fourth-order valence-electron chi connectivity index (χ4n) is 3.09. The lowest BCUT2D eigenvalue weighted by Crippen LogP contribution is -2.19. The van der Waals surface area contributed by atoms with E-state index in [1.807, 2.05) is 29.0 Å². The molecular weight excluding hydrogens is 414 g/mol. The number of rotatable bonds is 8. The third kappa shape index (κ3) is 5.32. The van der Waals surface area contributed by atoms with Crippen LogP contribution in [0.5, 0.6) is 0 Å². The maximum atomic E-state index is 12.5. The van der Waals surface area contributed by atoms with Crippen LogP contribution in [0, 0.1) is 0 Å². The number of primary amides is 2. The molecule has 0 fully saturated rings. The molecule has 3 aromatic rings. The lowest BCUT2D eigenvalue weighted by molar-refractivity contribution is -0.113. The van der Waals surface area contributed by atoms with Gasteiger partial charge in [-0.15, -0.1) is 0 Å². The molecule has 8 nitrogen and oxygen atoms in total. The summed E-state index contributed by atoms with van der Waals surface area (Å²) in [6.07, 6.45) is 3.55. The molecule has 0 bridgehead atoms. The van der Waals surface area contributed by atoms with E-state index in [2.05, 4.69) is 30.2 Å². The molecule has 9 heteroatoms. The Kier molecular flexibility index (Phi) is 6.76. The predicted octanol–water partition coefficient (Wildman–Crippen LogP) is 2.92. The highest BCUT2D eigenvalue weighted by molar-refractivity contribution is 7.99. The number of hydrogen-bond donors (Lipinski definition) is 3. The number of amides is 3. The van der Waals surface area contributed by atoms with Crippen LogP contribution in [-0.4, -0.2) is 33.0 Å². The van der Waals surface area contributed by atoms with Gasteiger partial charge < -0.3 is 16.8 Å². The van der Waals surface area contributed by atoms with Crippen molar-refractivity contribution in [3.63, 3.8) is 0 Å². The molecule has 1 heterocycles. The van der Waals surface area contributed by atoms with Gasteiger partial charge in [0.25, 0.3) is 0 Å². The van der Waals surface area contributed by atoms with Crippen LogP contribution in [0.25, 0.3) is 5.69 Å². The van der Waals surface area contributed by atoms with E-state index in [-0.39, 0.29) is 28.5 Å². The molecule has 0 aliphatic heterocycles. The van der Waals surface area contributed by atoms with Crippen LogP contribution >= 0.6 is 11.8 Å². The van der Waals surface area contributed by atoms with Crippen molar-refractivity contribution in [3.8, 4) is 5.69 Å². The first-order valence-corrected chi connectivity index (χ1v) is 10.5. The number of imidazole rings is 1. The number of benzene rings is 2. The summed E-state index contributed by atoms with van der Waals surface area (Å²) >= 11 is 1.27. The summed E-state index contributed by atoms with van der Waals surface area (Å²) < 4.78 is 1.95. The maximum Gasteiger partial charge on any atom is 0.248 e. The Hall–Kier alpha value is -3.59. The average Bonchev–Trinajstić information content (AvgIpc) is 3.20. The first-order valence-electron chi connectivity index (χ1n) is 9.56. The largest absolute Gasteiger partial charge is 0.366 e. The molecule has 5 N–H and O–H groups in total. The highest BCUT2D eigenvalue weighted by atomic mass is 32.2. The predicted molar refractivity (Wildman–Crippen MR) is 120 cm³/mol. The van der Waals surface area contributed by atoms with Gasteiger partial charge in [0.2, 0.25) is 17.7 Å². The number of para-hydroxylation sites is 1. The quantitative estimate of drug-likeness (QED) is 0.466. The van der Waals surface area contributed by atoms with Gasteiger partial charge in [-0.25, -0.2) is 4.98 Å². The minimum atomic E-state index is -0.723. The first-order chi connectivity index (χ1) is 14.8. The van der Waals surface area contributed by atoms with E-state index >= 15 is 0 Å².